The maximum absolute atomic E-state index is 5.72. The first kappa shape index (κ1) is 4.86. The Morgan fingerprint density at radius 3 is 2.00 bits per heavy atom. The second kappa shape index (κ2) is 1.10. The Morgan fingerprint density at radius 2 is 1.36 bits per heavy atom. The van der Waals surface area contributed by atoms with E-state index in [1.165, 1.54) is 11.8 Å². The van der Waals surface area contributed by atoms with Crippen LogP contribution >= 0.6 is 0 Å². The third-order valence-electron chi connectivity index (χ3n) is 5.46. The van der Waals surface area contributed by atoms with Gasteiger partial charge in [0.25, 0.3) is 0 Å². The van der Waals surface area contributed by atoms with Crippen molar-refractivity contribution in [1.29, 1.82) is 0 Å². The van der Waals surface area contributed by atoms with Gasteiger partial charge in [0, 0.05) is 0 Å². The summed E-state index contributed by atoms with van der Waals surface area (Å²) >= 11 is 0. The van der Waals surface area contributed by atoms with E-state index in [0.717, 1.165) is 35.9 Å². The van der Waals surface area contributed by atoms with Gasteiger partial charge < -0.3 is 4.74 Å². The van der Waals surface area contributed by atoms with Crippen LogP contribution < -0.4 is 0 Å². The quantitative estimate of drug-likeness (QED) is 0.471. The van der Waals surface area contributed by atoms with Crippen molar-refractivity contribution < 1.29 is 4.74 Å². The standard InChI is InChI=1S/C10H12O/c1-2-4-5-3(1)6-8(5)7(4)10-9(6)11-10/h3-10H,1-2H2/t3-,4?,5?,6?,7+,8?,9-,10?/m1/s1. The lowest BCUT2D eigenvalue weighted by Gasteiger charge is -2.60. The van der Waals surface area contributed by atoms with Crippen LogP contribution in [0.3, 0.4) is 0 Å². The summed E-state index contributed by atoms with van der Waals surface area (Å²) < 4.78 is 5.72. The molecule has 1 aliphatic heterocycles. The molecule has 8 atom stereocenters. The molecule has 1 nitrogen and oxygen atoms in total. The number of hydrogen-bond acceptors (Lipinski definition) is 1. The minimum atomic E-state index is 0.775. The van der Waals surface area contributed by atoms with E-state index < -0.39 is 0 Å². The Hall–Kier alpha value is -0.0400. The summed E-state index contributed by atoms with van der Waals surface area (Å²) in [5.74, 6) is 6.79. The first-order chi connectivity index (χ1) is 5.47. The van der Waals surface area contributed by atoms with Gasteiger partial charge in [-0.1, -0.05) is 0 Å². The van der Waals surface area contributed by atoms with Crippen molar-refractivity contribution >= 4 is 0 Å². The molecule has 0 bridgehead atoms. The number of epoxide rings is 1. The lowest BCUT2D eigenvalue weighted by atomic mass is 9.44. The SMILES string of the molecule is C1C[C@@H]2C3C1[C@H]1C3C2[C@H]2OC21. The second-order valence-electron chi connectivity index (χ2n) is 5.28. The van der Waals surface area contributed by atoms with E-state index in [1.54, 1.807) is 12.8 Å². The van der Waals surface area contributed by atoms with Crippen molar-refractivity contribution in [2.24, 2.45) is 35.5 Å². The zero-order valence-corrected chi connectivity index (χ0v) is 6.44. The molecule has 5 unspecified atom stereocenters. The van der Waals surface area contributed by atoms with Gasteiger partial charge in [-0.05, 0) is 48.3 Å². The minimum Gasteiger partial charge on any atom is -0.369 e. The molecule has 1 heterocycles. The Labute approximate surface area is 66.1 Å². The third-order valence-corrected chi connectivity index (χ3v) is 5.46. The van der Waals surface area contributed by atoms with Gasteiger partial charge in [0.05, 0.1) is 12.2 Å². The summed E-state index contributed by atoms with van der Waals surface area (Å²) in [5, 5.41) is 0. The van der Waals surface area contributed by atoms with Gasteiger partial charge in [0.1, 0.15) is 0 Å². The van der Waals surface area contributed by atoms with E-state index in [0.29, 0.717) is 0 Å². The average molecular weight is 148 g/mol. The molecule has 5 fully saturated rings. The van der Waals surface area contributed by atoms with Crippen LogP contribution in [0.2, 0.25) is 0 Å². The van der Waals surface area contributed by atoms with Crippen molar-refractivity contribution in [3.63, 3.8) is 0 Å². The van der Waals surface area contributed by atoms with Crippen LogP contribution in [0.15, 0.2) is 0 Å². The van der Waals surface area contributed by atoms with Crippen LogP contribution in [0.1, 0.15) is 12.8 Å². The van der Waals surface area contributed by atoms with Crippen LogP contribution in [0.25, 0.3) is 0 Å². The lowest BCUT2D eigenvalue weighted by molar-refractivity contribution is -0.168. The predicted octanol–water partition coefficient (Wildman–Crippen LogP) is 1.29. The fraction of sp³-hybridized carbons (Fsp3) is 1.00. The van der Waals surface area contributed by atoms with E-state index in [9.17, 15) is 0 Å². The molecule has 1 heteroatoms. The molecule has 5 aliphatic rings. The fourth-order valence-electron chi connectivity index (χ4n) is 5.29. The van der Waals surface area contributed by atoms with Crippen LogP contribution in [-0.4, -0.2) is 12.2 Å². The van der Waals surface area contributed by atoms with Crippen molar-refractivity contribution in [1.82, 2.24) is 0 Å². The molecule has 11 heavy (non-hydrogen) atoms. The highest BCUT2D eigenvalue weighted by Crippen LogP contribution is 2.81. The van der Waals surface area contributed by atoms with Crippen molar-refractivity contribution in [3.05, 3.63) is 0 Å². The predicted molar refractivity (Wildman–Crippen MR) is 38.8 cm³/mol. The third kappa shape index (κ3) is 0.286. The minimum absolute atomic E-state index is 0.775. The van der Waals surface area contributed by atoms with Gasteiger partial charge in [-0.25, -0.2) is 0 Å². The second-order valence-corrected chi connectivity index (χ2v) is 5.28. The highest BCUT2D eigenvalue weighted by Gasteiger charge is 2.82. The molecule has 0 amide bonds. The van der Waals surface area contributed by atoms with Crippen molar-refractivity contribution in [2.75, 3.05) is 0 Å². The van der Waals surface area contributed by atoms with Gasteiger partial charge in [-0.2, -0.15) is 0 Å². The van der Waals surface area contributed by atoms with Crippen LogP contribution in [0.5, 0.6) is 0 Å². The first-order valence-corrected chi connectivity index (χ1v) is 5.12. The molecular weight excluding hydrogens is 136 g/mol. The van der Waals surface area contributed by atoms with E-state index >= 15 is 0 Å². The Kier molecular flexibility index (Phi) is 0.486. The van der Waals surface area contributed by atoms with E-state index in [-0.39, 0.29) is 0 Å². The van der Waals surface area contributed by atoms with Crippen molar-refractivity contribution in [2.45, 2.75) is 25.0 Å². The van der Waals surface area contributed by atoms with Gasteiger partial charge in [-0.15, -0.1) is 0 Å². The highest BCUT2D eigenvalue weighted by atomic mass is 16.6. The maximum atomic E-state index is 5.72. The molecule has 0 radical (unpaired) electrons. The van der Waals surface area contributed by atoms with Gasteiger partial charge >= 0.3 is 0 Å². The summed E-state index contributed by atoms with van der Waals surface area (Å²) in [7, 11) is 0. The molecule has 4 aliphatic carbocycles. The molecule has 4 saturated carbocycles. The number of rotatable bonds is 0. The average Bonchev–Trinajstić information content (AvgIpc) is 2.54. The van der Waals surface area contributed by atoms with E-state index in [4.69, 9.17) is 4.74 Å². The number of fused-ring (bicyclic) bond motifs is 5. The van der Waals surface area contributed by atoms with Crippen LogP contribution in [0.4, 0.5) is 0 Å². The Balaban J connectivity index is 1.77. The zero-order chi connectivity index (χ0) is 6.74. The molecule has 5 rings (SSSR count). The van der Waals surface area contributed by atoms with Crippen LogP contribution in [-0.2, 0) is 4.74 Å². The topological polar surface area (TPSA) is 12.5 Å². The summed E-state index contributed by atoms with van der Waals surface area (Å²) in [6, 6.07) is 0. The van der Waals surface area contributed by atoms with Crippen molar-refractivity contribution in [3.8, 4) is 0 Å². The maximum Gasteiger partial charge on any atom is 0.0878 e. The van der Waals surface area contributed by atoms with Gasteiger partial charge in [0.15, 0.2) is 0 Å². The van der Waals surface area contributed by atoms with E-state index in [2.05, 4.69) is 0 Å². The Bertz CT molecular complexity index is 227. The number of hydrogen-bond donors (Lipinski definition) is 0. The zero-order valence-electron chi connectivity index (χ0n) is 6.44. The lowest BCUT2D eigenvalue weighted by Crippen LogP contribution is -2.59. The summed E-state index contributed by atoms with van der Waals surface area (Å²) in [6.07, 6.45) is 4.66. The highest BCUT2D eigenvalue weighted by molar-refractivity contribution is 5.29. The fourth-order valence-corrected chi connectivity index (χ4v) is 5.29. The molecule has 0 N–H and O–H groups in total. The largest absolute Gasteiger partial charge is 0.369 e. The molecular formula is C10H12O. The summed E-state index contributed by atoms with van der Waals surface area (Å²) in [5.41, 5.74) is 0. The normalized spacial score (nSPS) is 85.1. The summed E-state index contributed by atoms with van der Waals surface area (Å²) in [4.78, 5) is 0. The smallest absolute Gasteiger partial charge is 0.0878 e. The molecule has 0 aromatic heterocycles. The van der Waals surface area contributed by atoms with Crippen LogP contribution in [0, 0.1) is 35.5 Å². The summed E-state index contributed by atoms with van der Waals surface area (Å²) in [6.45, 7) is 0. The Morgan fingerprint density at radius 1 is 0.727 bits per heavy atom. The molecule has 0 spiro atoms. The van der Waals surface area contributed by atoms with E-state index in [1.807, 2.05) is 0 Å². The van der Waals surface area contributed by atoms with Gasteiger partial charge in [0.2, 0.25) is 0 Å². The number of ether oxygens (including phenoxy) is 1. The first-order valence-electron chi connectivity index (χ1n) is 5.12. The monoisotopic (exact) mass is 148 g/mol. The van der Waals surface area contributed by atoms with Gasteiger partial charge in [-0.3, -0.25) is 0 Å². The molecule has 0 aromatic carbocycles. The molecule has 0 aromatic rings. The molecule has 58 valence electrons. The molecule has 1 saturated heterocycles.